The Bertz CT molecular complexity index is 389. The maximum Gasteiger partial charge on any atom is 0.320 e. The number of carboxylic acid groups (broad SMARTS) is 1. The van der Waals surface area contributed by atoms with Gasteiger partial charge in [0.25, 0.3) is 0 Å². The molecule has 94 valence electrons. The van der Waals surface area contributed by atoms with E-state index in [-0.39, 0.29) is 6.04 Å². The van der Waals surface area contributed by atoms with Crippen LogP contribution in [0.2, 0.25) is 0 Å². The van der Waals surface area contributed by atoms with Crippen LogP contribution in [0, 0.1) is 0 Å². The molecule has 1 N–H and O–H groups in total. The third kappa shape index (κ3) is 2.87. The van der Waals surface area contributed by atoms with Crippen LogP contribution in [0.3, 0.4) is 0 Å². The van der Waals surface area contributed by atoms with Crippen LogP contribution < -0.4 is 0 Å². The fraction of sp³-hybridized carbons (Fsp3) is 0.615. The molecule has 1 unspecified atom stereocenters. The van der Waals surface area contributed by atoms with Gasteiger partial charge in [-0.25, -0.2) is 0 Å². The predicted molar refractivity (Wildman–Crippen MR) is 69.4 cm³/mol. The van der Waals surface area contributed by atoms with Crippen molar-refractivity contribution in [2.45, 2.75) is 45.2 Å². The minimum absolute atomic E-state index is 0.303. The molecule has 1 aliphatic heterocycles. The van der Waals surface area contributed by atoms with Gasteiger partial charge in [-0.1, -0.05) is 19.8 Å². The van der Waals surface area contributed by atoms with E-state index in [9.17, 15) is 9.90 Å². The molecule has 0 aromatic carbocycles. The van der Waals surface area contributed by atoms with Gasteiger partial charge in [0.1, 0.15) is 6.04 Å². The van der Waals surface area contributed by atoms with Crippen molar-refractivity contribution in [2.24, 2.45) is 0 Å². The first-order chi connectivity index (χ1) is 8.22. The van der Waals surface area contributed by atoms with Gasteiger partial charge in [-0.15, -0.1) is 11.3 Å². The van der Waals surface area contributed by atoms with Crippen molar-refractivity contribution >= 4 is 17.3 Å². The summed E-state index contributed by atoms with van der Waals surface area (Å²) < 4.78 is 0. The van der Waals surface area contributed by atoms with E-state index in [1.807, 2.05) is 0 Å². The molecule has 1 aliphatic rings. The summed E-state index contributed by atoms with van der Waals surface area (Å²) in [6.45, 7) is 3.79. The van der Waals surface area contributed by atoms with Crippen LogP contribution in [0.25, 0.3) is 0 Å². The molecule has 17 heavy (non-hydrogen) atoms. The summed E-state index contributed by atoms with van der Waals surface area (Å²) in [6.07, 6.45) is 3.82. The second kappa shape index (κ2) is 5.65. The van der Waals surface area contributed by atoms with Crippen LogP contribution in [0.15, 0.2) is 11.4 Å². The Kier molecular flexibility index (Phi) is 4.18. The average molecular weight is 253 g/mol. The SMILES string of the molecule is CCCCC(C(=O)O)N1CCc2sccc2C1. The molecule has 0 aliphatic carbocycles. The van der Waals surface area contributed by atoms with E-state index in [1.165, 1.54) is 10.4 Å². The summed E-state index contributed by atoms with van der Waals surface area (Å²) in [6, 6.07) is 1.83. The molecule has 0 amide bonds. The highest BCUT2D eigenvalue weighted by Crippen LogP contribution is 2.26. The van der Waals surface area contributed by atoms with Gasteiger partial charge in [0.05, 0.1) is 0 Å². The summed E-state index contributed by atoms with van der Waals surface area (Å²) in [4.78, 5) is 14.9. The van der Waals surface area contributed by atoms with E-state index in [0.29, 0.717) is 0 Å². The predicted octanol–water partition coefficient (Wildman–Crippen LogP) is 2.75. The monoisotopic (exact) mass is 253 g/mol. The minimum atomic E-state index is -0.669. The molecule has 0 saturated carbocycles. The molecule has 2 rings (SSSR count). The number of nitrogens with zero attached hydrogens (tertiary/aromatic N) is 1. The van der Waals surface area contributed by atoms with Crippen molar-refractivity contribution in [3.8, 4) is 0 Å². The van der Waals surface area contributed by atoms with Gasteiger partial charge < -0.3 is 5.11 Å². The normalized spacial score (nSPS) is 17.7. The van der Waals surface area contributed by atoms with Gasteiger partial charge in [0.15, 0.2) is 0 Å². The molecule has 0 saturated heterocycles. The standard InChI is InChI=1S/C13H19NO2S/c1-2-3-4-11(13(15)16)14-7-5-12-10(9-14)6-8-17-12/h6,8,11H,2-5,7,9H2,1H3,(H,15,16). The molecule has 4 heteroatoms. The van der Waals surface area contributed by atoms with Crippen molar-refractivity contribution < 1.29 is 9.90 Å². The number of hydrogen-bond donors (Lipinski definition) is 1. The number of hydrogen-bond acceptors (Lipinski definition) is 3. The Morgan fingerprint density at radius 2 is 2.47 bits per heavy atom. The molecule has 0 spiro atoms. The van der Waals surface area contributed by atoms with E-state index in [4.69, 9.17) is 0 Å². The lowest BCUT2D eigenvalue weighted by molar-refractivity contribution is -0.144. The largest absolute Gasteiger partial charge is 0.480 e. The second-order valence-corrected chi connectivity index (χ2v) is 5.59. The van der Waals surface area contributed by atoms with E-state index in [1.54, 1.807) is 11.3 Å². The quantitative estimate of drug-likeness (QED) is 0.877. The third-order valence-corrected chi connectivity index (χ3v) is 4.42. The van der Waals surface area contributed by atoms with Crippen molar-refractivity contribution in [3.05, 3.63) is 21.9 Å². The van der Waals surface area contributed by atoms with Crippen LogP contribution in [-0.4, -0.2) is 28.6 Å². The average Bonchev–Trinajstić information content (AvgIpc) is 2.76. The van der Waals surface area contributed by atoms with Crippen LogP contribution in [0.4, 0.5) is 0 Å². The molecule has 0 bridgehead atoms. The first-order valence-corrected chi connectivity index (χ1v) is 7.12. The Morgan fingerprint density at radius 1 is 1.65 bits per heavy atom. The molecular weight excluding hydrogens is 234 g/mol. The maximum atomic E-state index is 11.3. The fourth-order valence-corrected chi connectivity index (χ4v) is 3.29. The smallest absolute Gasteiger partial charge is 0.320 e. The number of carbonyl (C=O) groups is 1. The number of thiophene rings is 1. The van der Waals surface area contributed by atoms with Gasteiger partial charge in [-0.2, -0.15) is 0 Å². The van der Waals surface area contributed by atoms with Crippen molar-refractivity contribution in [1.82, 2.24) is 4.90 Å². The number of carboxylic acids is 1. The summed E-state index contributed by atoms with van der Waals surface area (Å²) >= 11 is 1.79. The lowest BCUT2D eigenvalue weighted by Crippen LogP contribution is -2.43. The number of unbranched alkanes of at least 4 members (excludes halogenated alkanes) is 1. The Balaban J connectivity index is 2.03. The Morgan fingerprint density at radius 3 is 3.18 bits per heavy atom. The molecule has 0 fully saturated rings. The van der Waals surface area contributed by atoms with E-state index in [0.717, 1.165) is 38.8 Å². The van der Waals surface area contributed by atoms with Crippen LogP contribution >= 0.6 is 11.3 Å². The number of fused-ring (bicyclic) bond motifs is 1. The Hall–Kier alpha value is -0.870. The zero-order chi connectivity index (χ0) is 12.3. The molecule has 0 radical (unpaired) electrons. The van der Waals surface area contributed by atoms with Crippen LogP contribution in [-0.2, 0) is 17.8 Å². The van der Waals surface area contributed by atoms with E-state index >= 15 is 0 Å². The summed E-state index contributed by atoms with van der Waals surface area (Å²) in [7, 11) is 0. The van der Waals surface area contributed by atoms with Crippen LogP contribution in [0.5, 0.6) is 0 Å². The van der Waals surface area contributed by atoms with Gasteiger partial charge in [-0.3, -0.25) is 9.69 Å². The van der Waals surface area contributed by atoms with Crippen molar-refractivity contribution in [3.63, 3.8) is 0 Å². The van der Waals surface area contributed by atoms with Gasteiger partial charge in [-0.05, 0) is 29.9 Å². The second-order valence-electron chi connectivity index (χ2n) is 4.59. The number of aliphatic carboxylic acids is 1. The zero-order valence-corrected chi connectivity index (χ0v) is 11.0. The van der Waals surface area contributed by atoms with E-state index < -0.39 is 5.97 Å². The lowest BCUT2D eigenvalue weighted by atomic mass is 10.0. The van der Waals surface area contributed by atoms with Crippen LogP contribution in [0.1, 0.15) is 36.6 Å². The molecule has 2 heterocycles. The highest BCUT2D eigenvalue weighted by Gasteiger charge is 2.28. The molecule has 1 aromatic heterocycles. The topological polar surface area (TPSA) is 40.5 Å². The molecule has 3 nitrogen and oxygen atoms in total. The highest BCUT2D eigenvalue weighted by molar-refractivity contribution is 7.10. The summed E-state index contributed by atoms with van der Waals surface area (Å²) in [5, 5.41) is 11.4. The first kappa shape index (κ1) is 12.6. The maximum absolute atomic E-state index is 11.3. The Labute approximate surface area is 106 Å². The summed E-state index contributed by atoms with van der Waals surface area (Å²) in [5.74, 6) is -0.669. The van der Waals surface area contributed by atoms with Gasteiger partial charge in [0.2, 0.25) is 0 Å². The summed E-state index contributed by atoms with van der Waals surface area (Å²) in [5.41, 5.74) is 1.32. The fourth-order valence-electron chi connectivity index (χ4n) is 2.40. The lowest BCUT2D eigenvalue weighted by Gasteiger charge is -2.32. The molecule has 1 atom stereocenters. The van der Waals surface area contributed by atoms with Gasteiger partial charge in [0, 0.05) is 18.0 Å². The van der Waals surface area contributed by atoms with Crippen molar-refractivity contribution in [1.29, 1.82) is 0 Å². The molecular formula is C13H19NO2S. The highest BCUT2D eigenvalue weighted by atomic mass is 32.1. The minimum Gasteiger partial charge on any atom is -0.480 e. The third-order valence-electron chi connectivity index (χ3n) is 3.39. The van der Waals surface area contributed by atoms with Gasteiger partial charge >= 0.3 is 5.97 Å². The first-order valence-electron chi connectivity index (χ1n) is 6.24. The number of rotatable bonds is 5. The van der Waals surface area contributed by atoms with Crippen molar-refractivity contribution in [2.75, 3.05) is 6.54 Å². The van der Waals surface area contributed by atoms with E-state index in [2.05, 4.69) is 23.3 Å². The molecule has 1 aromatic rings. The zero-order valence-electron chi connectivity index (χ0n) is 10.2.